The van der Waals surface area contributed by atoms with Gasteiger partial charge < -0.3 is 14.3 Å². The zero-order chi connectivity index (χ0) is 10.2. The van der Waals surface area contributed by atoms with E-state index in [0.717, 1.165) is 0 Å². The Morgan fingerprint density at radius 3 is 1.42 bits per heavy atom. The Labute approximate surface area is 75.6 Å². The van der Waals surface area contributed by atoms with Crippen LogP contribution in [0.4, 0.5) is 0 Å². The molecule has 0 heterocycles. The van der Waals surface area contributed by atoms with E-state index >= 15 is 0 Å². The van der Waals surface area contributed by atoms with Crippen molar-refractivity contribution in [1.29, 1.82) is 0 Å². The van der Waals surface area contributed by atoms with Gasteiger partial charge in [-0.2, -0.15) is 0 Å². The summed E-state index contributed by atoms with van der Waals surface area (Å²) in [6.07, 6.45) is 0. The van der Waals surface area contributed by atoms with Crippen LogP contribution in [0.5, 0.6) is 0 Å². The second-order valence-electron chi connectivity index (χ2n) is 4.75. The van der Waals surface area contributed by atoms with Crippen molar-refractivity contribution in [1.82, 2.24) is 0 Å². The smallest absolute Gasteiger partial charge is 0.362 e. The van der Waals surface area contributed by atoms with E-state index in [1.807, 2.05) is 20.8 Å². The van der Waals surface area contributed by atoms with Gasteiger partial charge in [-0.1, -0.05) is 0 Å². The van der Waals surface area contributed by atoms with Gasteiger partial charge in [-0.15, -0.1) is 0 Å². The monoisotopic (exact) mass is 192 g/mol. The molecule has 0 aromatic heterocycles. The first-order chi connectivity index (χ1) is 4.96. The quantitative estimate of drug-likeness (QED) is 0.646. The normalized spacial score (nSPS) is 15.0. The van der Waals surface area contributed by atoms with E-state index in [1.54, 1.807) is 13.8 Å². The van der Waals surface area contributed by atoms with Gasteiger partial charge in [-0.3, -0.25) is 0 Å². The standard InChI is InChI=1S/C8H20O3Si/c1-7(2,3)11-8(4,5)12(6,9)10/h9-10H,1-6H3. The fourth-order valence-corrected chi connectivity index (χ4v) is 1.36. The third-order valence-electron chi connectivity index (χ3n) is 1.70. The lowest BCUT2D eigenvalue weighted by molar-refractivity contribution is -0.0881. The van der Waals surface area contributed by atoms with Gasteiger partial charge in [0.2, 0.25) is 0 Å². The highest BCUT2D eigenvalue weighted by molar-refractivity contribution is 6.66. The lowest BCUT2D eigenvalue weighted by atomic mass is 10.2. The summed E-state index contributed by atoms with van der Waals surface area (Å²) in [5.41, 5.74) is -0.344. The molecule has 0 aromatic carbocycles. The molecular formula is C8H20O3Si. The summed E-state index contributed by atoms with van der Waals surface area (Å²) in [4.78, 5) is 19.0. The lowest BCUT2D eigenvalue weighted by Crippen LogP contribution is -2.57. The zero-order valence-corrected chi connectivity index (χ0v) is 9.80. The zero-order valence-electron chi connectivity index (χ0n) is 8.80. The molecule has 4 heteroatoms. The summed E-state index contributed by atoms with van der Waals surface area (Å²) < 4.78 is 5.55. The van der Waals surface area contributed by atoms with Crippen LogP contribution in [0.3, 0.4) is 0 Å². The molecule has 0 aromatic rings. The third-order valence-corrected chi connectivity index (χ3v) is 4.09. The van der Waals surface area contributed by atoms with E-state index in [2.05, 4.69) is 0 Å². The van der Waals surface area contributed by atoms with Gasteiger partial charge in [0, 0.05) is 0 Å². The first-order valence-corrected chi connectivity index (χ1v) is 6.50. The number of rotatable bonds is 2. The van der Waals surface area contributed by atoms with Crippen molar-refractivity contribution >= 4 is 8.56 Å². The molecule has 0 fully saturated rings. The molecule has 3 nitrogen and oxygen atoms in total. The van der Waals surface area contributed by atoms with Crippen molar-refractivity contribution in [2.75, 3.05) is 0 Å². The van der Waals surface area contributed by atoms with Crippen molar-refractivity contribution in [2.24, 2.45) is 0 Å². The van der Waals surface area contributed by atoms with Crippen LogP contribution in [-0.2, 0) is 4.74 Å². The Hall–Kier alpha value is 0.0969. The van der Waals surface area contributed by atoms with Crippen molar-refractivity contribution < 1.29 is 14.3 Å². The van der Waals surface area contributed by atoms with Crippen LogP contribution in [0.25, 0.3) is 0 Å². The molecule has 0 atom stereocenters. The summed E-state index contributed by atoms with van der Waals surface area (Å²) in [5.74, 6) is 0. The van der Waals surface area contributed by atoms with E-state index in [1.165, 1.54) is 6.55 Å². The molecule has 0 aliphatic rings. The highest BCUT2D eigenvalue weighted by Crippen LogP contribution is 2.25. The summed E-state index contributed by atoms with van der Waals surface area (Å²) in [6, 6.07) is 0. The van der Waals surface area contributed by atoms with Crippen LogP contribution in [0.15, 0.2) is 0 Å². The van der Waals surface area contributed by atoms with Crippen LogP contribution in [0, 0.1) is 0 Å². The maximum absolute atomic E-state index is 9.48. The van der Waals surface area contributed by atoms with E-state index in [9.17, 15) is 9.59 Å². The van der Waals surface area contributed by atoms with Crippen LogP contribution in [-0.4, -0.2) is 29.0 Å². The average molecular weight is 192 g/mol. The molecule has 0 unspecified atom stereocenters. The fraction of sp³-hybridized carbons (Fsp3) is 1.00. The first kappa shape index (κ1) is 12.1. The molecule has 0 aliphatic carbocycles. The van der Waals surface area contributed by atoms with Gasteiger partial charge in [0.1, 0.15) is 5.22 Å². The van der Waals surface area contributed by atoms with Gasteiger partial charge in [0.05, 0.1) is 5.60 Å². The Morgan fingerprint density at radius 2 is 1.33 bits per heavy atom. The van der Waals surface area contributed by atoms with E-state index in [0.29, 0.717) is 0 Å². The van der Waals surface area contributed by atoms with Gasteiger partial charge in [-0.05, 0) is 41.2 Å². The Kier molecular flexibility index (Phi) is 3.13. The Balaban J connectivity index is 4.44. The average Bonchev–Trinajstić information content (AvgIpc) is 1.52. The van der Waals surface area contributed by atoms with Gasteiger partial charge in [-0.25, -0.2) is 0 Å². The topological polar surface area (TPSA) is 49.7 Å². The van der Waals surface area contributed by atoms with Crippen LogP contribution >= 0.6 is 0 Å². The summed E-state index contributed by atoms with van der Waals surface area (Å²) in [6.45, 7) is 10.6. The predicted octanol–water partition coefficient (Wildman–Crippen LogP) is 1.18. The minimum atomic E-state index is -3.22. The third kappa shape index (κ3) is 3.67. The maximum Gasteiger partial charge on any atom is 0.362 e. The maximum atomic E-state index is 9.48. The van der Waals surface area contributed by atoms with Gasteiger partial charge in [0.25, 0.3) is 0 Å². The number of hydrogen-bond acceptors (Lipinski definition) is 3. The number of ether oxygens (including phenoxy) is 1. The van der Waals surface area contributed by atoms with Crippen LogP contribution in [0.1, 0.15) is 34.6 Å². The minimum Gasteiger partial charge on any atom is -0.409 e. The molecule has 12 heavy (non-hydrogen) atoms. The predicted molar refractivity (Wildman–Crippen MR) is 51.0 cm³/mol. The molecule has 2 N–H and O–H groups in total. The van der Waals surface area contributed by atoms with Crippen LogP contribution in [0.2, 0.25) is 6.55 Å². The molecular weight excluding hydrogens is 172 g/mol. The molecule has 74 valence electrons. The Bertz CT molecular complexity index is 153. The molecule has 0 saturated carbocycles. The Morgan fingerprint density at radius 1 is 1.00 bits per heavy atom. The largest absolute Gasteiger partial charge is 0.409 e. The molecule has 0 spiro atoms. The van der Waals surface area contributed by atoms with E-state index in [4.69, 9.17) is 4.74 Å². The lowest BCUT2D eigenvalue weighted by Gasteiger charge is -2.38. The summed E-state index contributed by atoms with van der Waals surface area (Å²) >= 11 is 0. The highest BCUT2D eigenvalue weighted by Gasteiger charge is 2.45. The summed E-state index contributed by atoms with van der Waals surface area (Å²) in [5, 5.41) is -0.828. The van der Waals surface area contributed by atoms with Gasteiger partial charge >= 0.3 is 8.56 Å². The fourth-order valence-electron chi connectivity index (χ4n) is 0.862. The summed E-state index contributed by atoms with van der Waals surface area (Å²) in [7, 11) is -3.22. The molecule has 0 amide bonds. The van der Waals surface area contributed by atoms with E-state index in [-0.39, 0.29) is 5.60 Å². The molecule has 0 rings (SSSR count). The molecule has 0 saturated heterocycles. The van der Waals surface area contributed by atoms with Crippen LogP contribution < -0.4 is 0 Å². The SMILES string of the molecule is CC(C)(C)OC(C)(C)[Si](C)(O)O. The number of hydrogen-bond donors (Lipinski definition) is 2. The van der Waals surface area contributed by atoms with Crippen molar-refractivity contribution in [3.63, 3.8) is 0 Å². The van der Waals surface area contributed by atoms with Crippen molar-refractivity contribution in [3.05, 3.63) is 0 Å². The van der Waals surface area contributed by atoms with Crippen molar-refractivity contribution in [3.8, 4) is 0 Å². The first-order valence-electron chi connectivity index (χ1n) is 4.11. The van der Waals surface area contributed by atoms with Gasteiger partial charge in [0.15, 0.2) is 0 Å². The van der Waals surface area contributed by atoms with Crippen molar-refractivity contribution in [2.45, 2.75) is 52.0 Å². The molecule has 0 radical (unpaired) electrons. The second kappa shape index (κ2) is 3.10. The second-order valence-corrected chi connectivity index (χ2v) is 7.99. The molecule has 0 bridgehead atoms. The van der Waals surface area contributed by atoms with E-state index < -0.39 is 13.8 Å². The molecule has 0 aliphatic heterocycles. The minimum absolute atomic E-state index is 0.344. The highest BCUT2D eigenvalue weighted by atomic mass is 28.4.